The number of hydrazone groups is 1. The zero-order valence-electron chi connectivity index (χ0n) is 13.6. The number of rotatable bonds is 4. The smallest absolute Gasteiger partial charge is 0.203 e. The molecule has 0 amide bonds. The van der Waals surface area contributed by atoms with Gasteiger partial charge in [0.25, 0.3) is 0 Å². The van der Waals surface area contributed by atoms with Crippen molar-refractivity contribution in [2.75, 3.05) is 5.43 Å². The fraction of sp³-hybridized carbons (Fsp3) is 0. The first kappa shape index (κ1) is 16.8. The largest absolute Gasteiger partial charge is 0.507 e. The highest BCUT2D eigenvalue weighted by Crippen LogP contribution is 2.27. The van der Waals surface area contributed by atoms with E-state index in [-0.39, 0.29) is 5.75 Å². The predicted octanol–water partition coefficient (Wildman–Crippen LogP) is 5.88. The Labute approximate surface area is 163 Å². The van der Waals surface area contributed by atoms with Crippen molar-refractivity contribution >= 4 is 49.4 Å². The Morgan fingerprint density at radius 1 is 1.04 bits per heavy atom. The number of fused-ring (bicyclic) bond motifs is 1. The van der Waals surface area contributed by atoms with E-state index < -0.39 is 0 Å². The molecular weight excluding hydrogens is 410 g/mol. The second-order valence-electron chi connectivity index (χ2n) is 5.63. The van der Waals surface area contributed by atoms with Crippen molar-refractivity contribution in [3.63, 3.8) is 0 Å². The van der Waals surface area contributed by atoms with Gasteiger partial charge in [-0.15, -0.1) is 11.3 Å². The lowest BCUT2D eigenvalue weighted by atomic mass is 10.0. The molecular formula is C20H14BrN3OS. The lowest BCUT2D eigenvalue weighted by Gasteiger charge is -2.04. The minimum absolute atomic E-state index is 0.198. The molecule has 0 radical (unpaired) electrons. The average molecular weight is 424 g/mol. The second-order valence-corrected chi connectivity index (χ2v) is 7.41. The van der Waals surface area contributed by atoms with Gasteiger partial charge in [0.2, 0.25) is 5.13 Å². The number of aromatic hydroxyl groups is 1. The Balaban J connectivity index is 1.55. The molecule has 128 valence electrons. The number of phenolic OH excluding ortho intramolecular Hbond substituents is 1. The zero-order chi connectivity index (χ0) is 17.9. The van der Waals surface area contributed by atoms with Crippen LogP contribution in [0.3, 0.4) is 0 Å². The number of hydrogen-bond donors (Lipinski definition) is 2. The van der Waals surface area contributed by atoms with Gasteiger partial charge in [-0.2, -0.15) is 5.10 Å². The summed E-state index contributed by atoms with van der Waals surface area (Å²) in [4.78, 5) is 4.54. The quantitative estimate of drug-likeness (QED) is 0.318. The third-order valence-electron chi connectivity index (χ3n) is 3.95. The van der Waals surface area contributed by atoms with E-state index in [0.717, 1.165) is 26.5 Å². The van der Waals surface area contributed by atoms with E-state index in [1.165, 1.54) is 11.3 Å². The van der Waals surface area contributed by atoms with Crippen LogP contribution in [0.15, 0.2) is 75.6 Å². The lowest BCUT2D eigenvalue weighted by molar-refractivity contribution is 0.475. The van der Waals surface area contributed by atoms with E-state index in [2.05, 4.69) is 31.4 Å². The summed E-state index contributed by atoms with van der Waals surface area (Å²) in [6, 6.07) is 19.5. The van der Waals surface area contributed by atoms with Crippen LogP contribution in [0.4, 0.5) is 5.13 Å². The highest BCUT2D eigenvalue weighted by Gasteiger charge is 2.06. The van der Waals surface area contributed by atoms with Crippen molar-refractivity contribution in [2.24, 2.45) is 5.10 Å². The van der Waals surface area contributed by atoms with Crippen LogP contribution in [0, 0.1) is 0 Å². The molecule has 0 aliphatic rings. The fourth-order valence-electron chi connectivity index (χ4n) is 2.65. The number of hydrogen-bond acceptors (Lipinski definition) is 5. The van der Waals surface area contributed by atoms with Gasteiger partial charge in [0, 0.05) is 21.0 Å². The topological polar surface area (TPSA) is 57.5 Å². The third-order valence-corrected chi connectivity index (χ3v) is 5.22. The van der Waals surface area contributed by atoms with Crippen LogP contribution in [-0.2, 0) is 0 Å². The molecule has 0 aliphatic heterocycles. The van der Waals surface area contributed by atoms with Crippen molar-refractivity contribution in [1.29, 1.82) is 0 Å². The second kappa shape index (κ2) is 7.27. The molecule has 3 aromatic carbocycles. The monoisotopic (exact) mass is 423 g/mol. The van der Waals surface area contributed by atoms with Crippen LogP contribution in [0.2, 0.25) is 0 Å². The Morgan fingerprint density at radius 3 is 2.69 bits per heavy atom. The SMILES string of the molecule is Oc1ccc2ccccc2c1/C=N/Nc1nc(-c2ccc(Br)cc2)cs1. The third kappa shape index (κ3) is 3.47. The molecule has 2 N–H and O–H groups in total. The standard InChI is InChI=1S/C20H14BrN3OS/c21-15-8-5-14(6-9-15)18-12-26-20(23-18)24-22-11-17-16-4-2-1-3-13(16)7-10-19(17)25/h1-12,25H,(H,23,24)/b22-11+. The van der Waals surface area contributed by atoms with Crippen LogP contribution in [-0.4, -0.2) is 16.3 Å². The van der Waals surface area contributed by atoms with Gasteiger partial charge in [0.15, 0.2) is 0 Å². The summed E-state index contributed by atoms with van der Waals surface area (Å²) in [6.07, 6.45) is 1.62. The molecule has 4 rings (SSSR count). The molecule has 0 fully saturated rings. The maximum Gasteiger partial charge on any atom is 0.203 e. The van der Waals surface area contributed by atoms with Gasteiger partial charge in [0.1, 0.15) is 5.75 Å². The summed E-state index contributed by atoms with van der Waals surface area (Å²) in [5, 5.41) is 19.1. The van der Waals surface area contributed by atoms with Crippen molar-refractivity contribution in [3.05, 3.63) is 76.1 Å². The molecule has 0 atom stereocenters. The van der Waals surface area contributed by atoms with Crippen molar-refractivity contribution in [1.82, 2.24) is 4.98 Å². The maximum absolute atomic E-state index is 10.1. The molecule has 0 bridgehead atoms. The Bertz CT molecular complexity index is 1090. The predicted molar refractivity (Wildman–Crippen MR) is 112 cm³/mol. The minimum atomic E-state index is 0.198. The molecule has 0 unspecified atom stereocenters. The number of anilines is 1. The number of halogens is 1. The van der Waals surface area contributed by atoms with E-state index >= 15 is 0 Å². The summed E-state index contributed by atoms with van der Waals surface area (Å²) in [7, 11) is 0. The molecule has 26 heavy (non-hydrogen) atoms. The first-order chi connectivity index (χ1) is 12.7. The molecule has 0 spiro atoms. The van der Waals surface area contributed by atoms with Crippen LogP contribution in [0.25, 0.3) is 22.0 Å². The van der Waals surface area contributed by atoms with Gasteiger partial charge in [-0.05, 0) is 29.0 Å². The van der Waals surface area contributed by atoms with Gasteiger partial charge in [0.05, 0.1) is 11.9 Å². The normalized spacial score (nSPS) is 11.3. The van der Waals surface area contributed by atoms with Gasteiger partial charge < -0.3 is 5.11 Å². The lowest BCUT2D eigenvalue weighted by Crippen LogP contribution is -1.92. The Hall–Kier alpha value is -2.70. The summed E-state index contributed by atoms with van der Waals surface area (Å²) in [5.41, 5.74) is 5.57. The summed E-state index contributed by atoms with van der Waals surface area (Å²) in [5.74, 6) is 0.198. The van der Waals surface area contributed by atoms with E-state index in [9.17, 15) is 5.11 Å². The molecule has 0 saturated heterocycles. The van der Waals surface area contributed by atoms with Crippen molar-refractivity contribution in [3.8, 4) is 17.0 Å². The van der Waals surface area contributed by atoms with Crippen LogP contribution >= 0.6 is 27.3 Å². The molecule has 1 aromatic heterocycles. The number of benzene rings is 3. The molecule has 4 aromatic rings. The zero-order valence-corrected chi connectivity index (χ0v) is 16.0. The summed E-state index contributed by atoms with van der Waals surface area (Å²) >= 11 is 4.91. The molecule has 4 nitrogen and oxygen atoms in total. The van der Waals surface area contributed by atoms with Gasteiger partial charge >= 0.3 is 0 Å². The maximum atomic E-state index is 10.1. The first-order valence-electron chi connectivity index (χ1n) is 7.92. The van der Waals surface area contributed by atoms with E-state index in [1.807, 2.05) is 60.0 Å². The number of aromatic nitrogens is 1. The van der Waals surface area contributed by atoms with E-state index in [0.29, 0.717) is 10.7 Å². The number of nitrogens with zero attached hydrogens (tertiary/aromatic N) is 2. The number of thiazole rings is 1. The Morgan fingerprint density at radius 2 is 1.85 bits per heavy atom. The molecule has 1 heterocycles. The van der Waals surface area contributed by atoms with Gasteiger partial charge in [-0.3, -0.25) is 5.43 Å². The highest BCUT2D eigenvalue weighted by molar-refractivity contribution is 9.10. The Kier molecular flexibility index (Phi) is 4.69. The first-order valence-corrected chi connectivity index (χ1v) is 9.59. The van der Waals surface area contributed by atoms with E-state index in [1.54, 1.807) is 12.3 Å². The summed E-state index contributed by atoms with van der Waals surface area (Å²) in [6.45, 7) is 0. The van der Waals surface area contributed by atoms with Crippen molar-refractivity contribution in [2.45, 2.75) is 0 Å². The minimum Gasteiger partial charge on any atom is -0.507 e. The van der Waals surface area contributed by atoms with Crippen LogP contribution in [0.5, 0.6) is 5.75 Å². The number of nitrogens with one attached hydrogen (secondary N) is 1. The van der Waals surface area contributed by atoms with Crippen LogP contribution in [0.1, 0.15) is 5.56 Å². The highest BCUT2D eigenvalue weighted by atomic mass is 79.9. The van der Waals surface area contributed by atoms with Crippen LogP contribution < -0.4 is 5.43 Å². The van der Waals surface area contributed by atoms with E-state index in [4.69, 9.17) is 0 Å². The van der Waals surface area contributed by atoms with Gasteiger partial charge in [-0.1, -0.05) is 58.4 Å². The van der Waals surface area contributed by atoms with Crippen molar-refractivity contribution < 1.29 is 5.11 Å². The molecule has 6 heteroatoms. The number of phenols is 1. The molecule has 0 aliphatic carbocycles. The average Bonchev–Trinajstić information content (AvgIpc) is 3.13. The fourth-order valence-corrected chi connectivity index (χ4v) is 3.58. The van der Waals surface area contributed by atoms with Gasteiger partial charge in [-0.25, -0.2) is 4.98 Å². The molecule has 0 saturated carbocycles. The summed E-state index contributed by atoms with van der Waals surface area (Å²) < 4.78 is 1.04.